The number of benzene rings is 2. The SMILES string of the molecule is CNC(=O)CCn1ncc2ccc(Nc3ncc(F)c(Nc4ccc(Cl)c(Cl)c4)n3)cc21. The standard InChI is InChI=1S/C21H18Cl2FN7O/c1-25-19(32)6-7-31-18-9-14(3-2-12(18)10-27-31)29-21-26-11-17(24)20(30-21)28-13-4-5-15(22)16(23)8-13/h2-5,8-11H,6-7H2,1H3,(H,25,32)(H2,26,28,29,30). The van der Waals surface area contributed by atoms with E-state index in [2.05, 4.69) is 31.0 Å². The molecular weight excluding hydrogens is 456 g/mol. The minimum Gasteiger partial charge on any atom is -0.359 e. The fraction of sp³-hybridized carbons (Fsp3) is 0.143. The highest BCUT2D eigenvalue weighted by Gasteiger charge is 2.11. The number of nitrogens with zero attached hydrogens (tertiary/aromatic N) is 4. The number of anilines is 4. The number of aryl methyl sites for hydroxylation is 1. The first-order chi connectivity index (χ1) is 15.4. The average Bonchev–Trinajstić information content (AvgIpc) is 3.19. The maximum Gasteiger partial charge on any atom is 0.229 e. The van der Waals surface area contributed by atoms with Crippen LogP contribution < -0.4 is 16.0 Å². The summed E-state index contributed by atoms with van der Waals surface area (Å²) in [5, 5.41) is 14.5. The summed E-state index contributed by atoms with van der Waals surface area (Å²) in [6.07, 6.45) is 3.12. The van der Waals surface area contributed by atoms with Crippen LogP contribution in [0.25, 0.3) is 10.9 Å². The molecule has 4 aromatic rings. The molecule has 164 valence electrons. The second kappa shape index (κ2) is 9.37. The van der Waals surface area contributed by atoms with Crippen molar-refractivity contribution in [2.75, 3.05) is 17.7 Å². The smallest absolute Gasteiger partial charge is 0.229 e. The summed E-state index contributed by atoms with van der Waals surface area (Å²) >= 11 is 11.9. The van der Waals surface area contributed by atoms with Crippen molar-refractivity contribution >= 4 is 63.2 Å². The van der Waals surface area contributed by atoms with Gasteiger partial charge in [0.2, 0.25) is 11.9 Å². The predicted octanol–water partition coefficient (Wildman–Crippen LogP) is 4.90. The van der Waals surface area contributed by atoms with E-state index in [1.54, 1.807) is 36.1 Å². The third-order valence-electron chi connectivity index (χ3n) is 4.66. The van der Waals surface area contributed by atoms with E-state index in [-0.39, 0.29) is 17.7 Å². The lowest BCUT2D eigenvalue weighted by molar-refractivity contribution is -0.120. The van der Waals surface area contributed by atoms with Crippen LogP contribution in [0, 0.1) is 5.82 Å². The first-order valence-corrected chi connectivity index (χ1v) is 10.4. The molecule has 3 N–H and O–H groups in total. The number of aromatic nitrogens is 4. The second-order valence-corrected chi connectivity index (χ2v) is 7.65. The number of hydrogen-bond acceptors (Lipinski definition) is 6. The molecule has 0 radical (unpaired) electrons. The zero-order valence-electron chi connectivity index (χ0n) is 16.9. The molecule has 0 saturated heterocycles. The molecule has 2 aromatic heterocycles. The van der Waals surface area contributed by atoms with Gasteiger partial charge in [-0.1, -0.05) is 23.2 Å². The maximum absolute atomic E-state index is 14.3. The average molecular weight is 474 g/mol. The molecule has 0 atom stereocenters. The predicted molar refractivity (Wildman–Crippen MR) is 123 cm³/mol. The molecule has 4 rings (SSSR count). The van der Waals surface area contributed by atoms with E-state index in [0.29, 0.717) is 34.4 Å². The highest BCUT2D eigenvalue weighted by Crippen LogP contribution is 2.28. The van der Waals surface area contributed by atoms with Crippen molar-refractivity contribution in [1.82, 2.24) is 25.1 Å². The molecule has 0 unspecified atom stereocenters. The molecule has 0 bridgehead atoms. The van der Waals surface area contributed by atoms with Crippen LogP contribution >= 0.6 is 23.2 Å². The van der Waals surface area contributed by atoms with Crippen molar-refractivity contribution in [3.8, 4) is 0 Å². The van der Waals surface area contributed by atoms with Crippen molar-refractivity contribution < 1.29 is 9.18 Å². The van der Waals surface area contributed by atoms with Crippen LogP contribution in [-0.2, 0) is 11.3 Å². The minimum atomic E-state index is -0.621. The van der Waals surface area contributed by atoms with Crippen LogP contribution in [0.5, 0.6) is 0 Å². The van der Waals surface area contributed by atoms with Gasteiger partial charge >= 0.3 is 0 Å². The van der Waals surface area contributed by atoms with Crippen LogP contribution in [0.15, 0.2) is 48.8 Å². The van der Waals surface area contributed by atoms with Crippen molar-refractivity contribution in [3.05, 3.63) is 64.7 Å². The lowest BCUT2D eigenvalue weighted by Crippen LogP contribution is -2.19. The molecule has 2 heterocycles. The Morgan fingerprint density at radius 1 is 1.06 bits per heavy atom. The van der Waals surface area contributed by atoms with Crippen molar-refractivity contribution in [3.63, 3.8) is 0 Å². The van der Waals surface area contributed by atoms with Crippen LogP contribution in [0.3, 0.4) is 0 Å². The summed E-state index contributed by atoms with van der Waals surface area (Å²) in [5.41, 5.74) is 2.06. The van der Waals surface area contributed by atoms with Gasteiger partial charge in [0.15, 0.2) is 11.6 Å². The van der Waals surface area contributed by atoms with E-state index in [9.17, 15) is 9.18 Å². The molecule has 8 nitrogen and oxygen atoms in total. The molecule has 32 heavy (non-hydrogen) atoms. The summed E-state index contributed by atoms with van der Waals surface area (Å²) < 4.78 is 16.0. The molecule has 0 saturated carbocycles. The molecule has 0 aliphatic heterocycles. The number of carbonyl (C=O) groups is 1. The number of hydrogen-bond donors (Lipinski definition) is 3. The Balaban J connectivity index is 1.55. The van der Waals surface area contributed by atoms with Crippen molar-refractivity contribution in [2.45, 2.75) is 13.0 Å². The Labute approximate surface area is 192 Å². The van der Waals surface area contributed by atoms with Gasteiger partial charge in [-0.2, -0.15) is 10.1 Å². The summed E-state index contributed by atoms with van der Waals surface area (Å²) in [5.74, 6) is -0.503. The van der Waals surface area contributed by atoms with Crippen molar-refractivity contribution in [2.24, 2.45) is 0 Å². The third kappa shape index (κ3) is 4.90. The van der Waals surface area contributed by atoms with E-state index in [0.717, 1.165) is 17.1 Å². The summed E-state index contributed by atoms with van der Waals surface area (Å²) in [6.45, 7) is 0.442. The van der Waals surface area contributed by atoms with Crippen LogP contribution in [0.2, 0.25) is 10.0 Å². The number of rotatable bonds is 7. The number of nitrogens with one attached hydrogen (secondary N) is 3. The monoisotopic (exact) mass is 473 g/mol. The van der Waals surface area contributed by atoms with Crippen LogP contribution in [0.4, 0.5) is 27.5 Å². The number of halogens is 3. The van der Waals surface area contributed by atoms with Gasteiger partial charge in [-0.05, 0) is 36.4 Å². The molecule has 1 amide bonds. The number of amides is 1. The van der Waals surface area contributed by atoms with Gasteiger partial charge in [-0.3, -0.25) is 9.48 Å². The molecular formula is C21H18Cl2FN7O. The van der Waals surface area contributed by atoms with Gasteiger partial charge in [0, 0.05) is 30.2 Å². The zero-order valence-corrected chi connectivity index (χ0v) is 18.4. The Hall–Kier alpha value is -3.43. The third-order valence-corrected chi connectivity index (χ3v) is 5.40. The summed E-state index contributed by atoms with van der Waals surface area (Å²) in [4.78, 5) is 19.8. The van der Waals surface area contributed by atoms with Gasteiger partial charge < -0.3 is 16.0 Å². The van der Waals surface area contributed by atoms with Gasteiger partial charge in [0.1, 0.15) is 0 Å². The molecule has 0 aliphatic rings. The number of carbonyl (C=O) groups excluding carboxylic acids is 1. The van der Waals surface area contributed by atoms with Crippen molar-refractivity contribution in [1.29, 1.82) is 0 Å². The van der Waals surface area contributed by atoms with E-state index in [1.807, 2.05) is 18.2 Å². The zero-order chi connectivity index (χ0) is 22.7. The minimum absolute atomic E-state index is 0.0161. The fourth-order valence-corrected chi connectivity index (χ4v) is 3.31. The van der Waals surface area contributed by atoms with E-state index in [1.165, 1.54) is 0 Å². The lowest BCUT2D eigenvalue weighted by Gasteiger charge is -2.10. The molecule has 0 aliphatic carbocycles. The van der Waals surface area contributed by atoms with Crippen LogP contribution in [0.1, 0.15) is 6.42 Å². The lowest BCUT2D eigenvalue weighted by atomic mass is 10.2. The van der Waals surface area contributed by atoms with Gasteiger partial charge in [-0.25, -0.2) is 9.37 Å². The van der Waals surface area contributed by atoms with Gasteiger partial charge in [-0.15, -0.1) is 0 Å². The first-order valence-electron chi connectivity index (χ1n) is 9.61. The molecule has 0 fully saturated rings. The highest BCUT2D eigenvalue weighted by molar-refractivity contribution is 6.42. The Morgan fingerprint density at radius 3 is 2.62 bits per heavy atom. The number of fused-ring (bicyclic) bond motifs is 1. The fourth-order valence-electron chi connectivity index (χ4n) is 3.01. The largest absolute Gasteiger partial charge is 0.359 e. The normalized spacial score (nSPS) is 10.9. The Kier molecular flexibility index (Phi) is 6.38. The molecule has 11 heteroatoms. The van der Waals surface area contributed by atoms with E-state index in [4.69, 9.17) is 23.2 Å². The molecule has 0 spiro atoms. The summed E-state index contributed by atoms with van der Waals surface area (Å²) in [6, 6.07) is 10.4. The van der Waals surface area contributed by atoms with Crippen LogP contribution in [-0.4, -0.2) is 32.7 Å². The Bertz CT molecular complexity index is 1290. The summed E-state index contributed by atoms with van der Waals surface area (Å²) in [7, 11) is 1.60. The van der Waals surface area contributed by atoms with E-state index < -0.39 is 5.82 Å². The maximum atomic E-state index is 14.3. The van der Waals surface area contributed by atoms with Gasteiger partial charge in [0.05, 0.1) is 34.5 Å². The van der Waals surface area contributed by atoms with Gasteiger partial charge in [0.25, 0.3) is 0 Å². The first kappa shape index (κ1) is 21.8. The quantitative estimate of drug-likeness (QED) is 0.353. The molecule has 2 aromatic carbocycles. The highest BCUT2D eigenvalue weighted by atomic mass is 35.5. The second-order valence-electron chi connectivity index (χ2n) is 6.83. The van der Waals surface area contributed by atoms with E-state index >= 15 is 0 Å². The topological polar surface area (TPSA) is 96.8 Å². The Morgan fingerprint density at radius 2 is 1.84 bits per heavy atom.